The van der Waals surface area contributed by atoms with Crippen LogP contribution in [0.5, 0.6) is 0 Å². The van der Waals surface area contributed by atoms with Gasteiger partial charge in [0, 0.05) is 50.8 Å². The lowest BCUT2D eigenvalue weighted by Crippen LogP contribution is -2.21. The lowest BCUT2D eigenvalue weighted by atomic mass is 10.2. The SMILES string of the molecule is Cc1cnc(NC(C)CCn2cccn2)nc1N(C)C. The van der Waals surface area contributed by atoms with Crippen LogP contribution in [0.25, 0.3) is 0 Å². The van der Waals surface area contributed by atoms with Crippen LogP contribution in [-0.2, 0) is 6.54 Å². The van der Waals surface area contributed by atoms with Crippen LogP contribution < -0.4 is 10.2 Å². The molecule has 0 spiro atoms. The molecule has 6 heteroatoms. The first-order valence-corrected chi connectivity index (χ1v) is 6.81. The molecule has 0 fully saturated rings. The predicted molar refractivity (Wildman–Crippen MR) is 81.0 cm³/mol. The molecule has 0 aliphatic heterocycles. The van der Waals surface area contributed by atoms with Gasteiger partial charge >= 0.3 is 0 Å². The van der Waals surface area contributed by atoms with Crippen molar-refractivity contribution < 1.29 is 0 Å². The first kappa shape index (κ1) is 14.3. The third kappa shape index (κ3) is 3.69. The van der Waals surface area contributed by atoms with E-state index >= 15 is 0 Å². The van der Waals surface area contributed by atoms with Gasteiger partial charge in [0.05, 0.1) is 0 Å². The monoisotopic (exact) mass is 274 g/mol. The van der Waals surface area contributed by atoms with Gasteiger partial charge in [-0.15, -0.1) is 0 Å². The zero-order valence-corrected chi connectivity index (χ0v) is 12.5. The summed E-state index contributed by atoms with van der Waals surface area (Å²) in [7, 11) is 3.97. The van der Waals surface area contributed by atoms with Gasteiger partial charge < -0.3 is 10.2 Å². The van der Waals surface area contributed by atoms with Gasteiger partial charge in [0.15, 0.2) is 0 Å². The van der Waals surface area contributed by atoms with Gasteiger partial charge in [0.2, 0.25) is 5.95 Å². The maximum Gasteiger partial charge on any atom is 0.224 e. The van der Waals surface area contributed by atoms with Gasteiger partial charge in [-0.3, -0.25) is 4.68 Å². The second-order valence-electron chi connectivity index (χ2n) is 5.20. The fourth-order valence-corrected chi connectivity index (χ4v) is 2.01. The number of rotatable bonds is 6. The van der Waals surface area contributed by atoms with E-state index in [1.165, 1.54) is 0 Å². The Morgan fingerprint density at radius 3 is 2.85 bits per heavy atom. The van der Waals surface area contributed by atoms with Crippen LogP contribution in [0.4, 0.5) is 11.8 Å². The fraction of sp³-hybridized carbons (Fsp3) is 0.500. The lowest BCUT2D eigenvalue weighted by Gasteiger charge is -2.17. The van der Waals surface area contributed by atoms with E-state index in [0.717, 1.165) is 24.3 Å². The molecule has 1 atom stereocenters. The molecule has 2 aromatic heterocycles. The second kappa shape index (κ2) is 6.36. The Morgan fingerprint density at radius 2 is 2.20 bits per heavy atom. The predicted octanol–water partition coefficient (Wildman–Crippen LogP) is 1.94. The van der Waals surface area contributed by atoms with Crippen LogP contribution in [0.3, 0.4) is 0 Å². The van der Waals surface area contributed by atoms with Crippen LogP contribution >= 0.6 is 0 Å². The van der Waals surface area contributed by atoms with Crippen LogP contribution in [0.2, 0.25) is 0 Å². The van der Waals surface area contributed by atoms with E-state index in [1.54, 1.807) is 6.20 Å². The largest absolute Gasteiger partial charge is 0.362 e. The van der Waals surface area contributed by atoms with E-state index in [0.29, 0.717) is 5.95 Å². The summed E-state index contributed by atoms with van der Waals surface area (Å²) in [6.07, 6.45) is 6.59. The molecule has 0 aromatic carbocycles. The van der Waals surface area contributed by atoms with Gasteiger partial charge in [-0.2, -0.15) is 10.1 Å². The smallest absolute Gasteiger partial charge is 0.224 e. The van der Waals surface area contributed by atoms with Crippen LogP contribution in [0.15, 0.2) is 24.7 Å². The van der Waals surface area contributed by atoms with Crippen molar-refractivity contribution in [2.24, 2.45) is 0 Å². The standard InChI is InChI=1S/C14H22N6/c1-11-10-15-14(18-13(11)19(3)4)17-12(2)6-9-20-8-5-7-16-20/h5,7-8,10,12H,6,9H2,1-4H3,(H,15,17,18). The fourth-order valence-electron chi connectivity index (χ4n) is 2.01. The van der Waals surface area contributed by atoms with Crippen LogP contribution in [-0.4, -0.2) is 39.9 Å². The Hall–Kier alpha value is -2.11. The number of hydrogen-bond acceptors (Lipinski definition) is 5. The Labute approximate surface area is 119 Å². The zero-order valence-electron chi connectivity index (χ0n) is 12.5. The molecule has 0 radical (unpaired) electrons. The first-order chi connectivity index (χ1) is 9.56. The number of aryl methyl sites for hydroxylation is 2. The molecule has 0 saturated heterocycles. The molecular weight excluding hydrogens is 252 g/mol. The topological polar surface area (TPSA) is 58.9 Å². The Morgan fingerprint density at radius 1 is 1.40 bits per heavy atom. The molecular formula is C14H22N6. The van der Waals surface area contributed by atoms with Gasteiger partial charge in [-0.1, -0.05) is 0 Å². The highest BCUT2D eigenvalue weighted by Crippen LogP contribution is 2.15. The van der Waals surface area contributed by atoms with Crippen molar-refractivity contribution in [1.82, 2.24) is 19.7 Å². The maximum atomic E-state index is 4.54. The summed E-state index contributed by atoms with van der Waals surface area (Å²) in [5.74, 6) is 1.62. The molecule has 2 aromatic rings. The average Bonchev–Trinajstić information content (AvgIpc) is 2.91. The average molecular weight is 274 g/mol. The number of aromatic nitrogens is 4. The molecule has 0 aliphatic carbocycles. The van der Waals surface area contributed by atoms with Crippen molar-refractivity contribution in [2.75, 3.05) is 24.3 Å². The molecule has 0 aliphatic rings. The van der Waals surface area contributed by atoms with Crippen molar-refractivity contribution in [3.05, 3.63) is 30.2 Å². The van der Waals surface area contributed by atoms with Crippen molar-refractivity contribution in [1.29, 1.82) is 0 Å². The number of nitrogens with one attached hydrogen (secondary N) is 1. The van der Waals surface area contributed by atoms with E-state index in [9.17, 15) is 0 Å². The molecule has 20 heavy (non-hydrogen) atoms. The summed E-state index contributed by atoms with van der Waals surface area (Å²) in [4.78, 5) is 10.9. The molecule has 0 saturated carbocycles. The van der Waals surface area contributed by atoms with E-state index in [1.807, 2.05) is 49.1 Å². The molecule has 6 nitrogen and oxygen atoms in total. The Balaban J connectivity index is 1.93. The summed E-state index contributed by atoms with van der Waals surface area (Å²) in [5.41, 5.74) is 1.07. The Bertz CT molecular complexity index is 535. The zero-order chi connectivity index (χ0) is 14.5. The molecule has 2 rings (SSSR count). The van der Waals surface area contributed by atoms with Gasteiger partial charge in [0.25, 0.3) is 0 Å². The second-order valence-corrected chi connectivity index (χ2v) is 5.20. The van der Waals surface area contributed by atoms with E-state index < -0.39 is 0 Å². The summed E-state index contributed by atoms with van der Waals surface area (Å²) in [5, 5.41) is 7.53. The highest BCUT2D eigenvalue weighted by atomic mass is 15.3. The van der Waals surface area contributed by atoms with Gasteiger partial charge in [0.1, 0.15) is 5.82 Å². The molecule has 1 N–H and O–H groups in total. The summed E-state index contributed by atoms with van der Waals surface area (Å²) >= 11 is 0. The third-order valence-electron chi connectivity index (χ3n) is 3.09. The highest BCUT2D eigenvalue weighted by molar-refractivity contribution is 5.47. The quantitative estimate of drug-likeness (QED) is 0.872. The molecule has 1 unspecified atom stereocenters. The van der Waals surface area contributed by atoms with Gasteiger partial charge in [-0.05, 0) is 26.3 Å². The highest BCUT2D eigenvalue weighted by Gasteiger charge is 2.08. The molecule has 2 heterocycles. The van der Waals surface area contributed by atoms with E-state index in [4.69, 9.17) is 0 Å². The number of anilines is 2. The molecule has 0 bridgehead atoms. The maximum absolute atomic E-state index is 4.54. The van der Waals surface area contributed by atoms with Crippen molar-refractivity contribution in [3.8, 4) is 0 Å². The number of hydrogen-bond donors (Lipinski definition) is 1. The number of nitrogens with zero attached hydrogens (tertiary/aromatic N) is 5. The van der Waals surface area contributed by atoms with Crippen LogP contribution in [0.1, 0.15) is 18.9 Å². The summed E-state index contributed by atoms with van der Waals surface area (Å²) < 4.78 is 1.93. The normalized spacial score (nSPS) is 12.2. The van der Waals surface area contributed by atoms with Gasteiger partial charge in [-0.25, -0.2) is 4.98 Å². The lowest BCUT2D eigenvalue weighted by molar-refractivity contribution is 0.544. The first-order valence-electron chi connectivity index (χ1n) is 6.81. The minimum atomic E-state index is 0.289. The minimum Gasteiger partial charge on any atom is -0.362 e. The molecule has 108 valence electrons. The van der Waals surface area contributed by atoms with Crippen molar-refractivity contribution in [2.45, 2.75) is 32.9 Å². The van der Waals surface area contributed by atoms with Crippen molar-refractivity contribution in [3.63, 3.8) is 0 Å². The summed E-state index contributed by atoms with van der Waals surface area (Å²) in [6, 6.07) is 2.22. The summed E-state index contributed by atoms with van der Waals surface area (Å²) in [6.45, 7) is 5.02. The minimum absolute atomic E-state index is 0.289. The third-order valence-corrected chi connectivity index (χ3v) is 3.09. The van der Waals surface area contributed by atoms with E-state index in [2.05, 4.69) is 27.3 Å². The van der Waals surface area contributed by atoms with Crippen LogP contribution in [0, 0.1) is 6.92 Å². The van der Waals surface area contributed by atoms with E-state index in [-0.39, 0.29) is 6.04 Å². The molecule has 0 amide bonds. The Kier molecular flexibility index (Phi) is 4.55. The van der Waals surface area contributed by atoms with Crippen molar-refractivity contribution >= 4 is 11.8 Å².